The van der Waals surface area contributed by atoms with E-state index < -0.39 is 0 Å². The molecule has 2 fully saturated rings. The maximum Gasteiger partial charge on any atom is 0.0107 e. The molecule has 1 aliphatic carbocycles. The summed E-state index contributed by atoms with van der Waals surface area (Å²) in [5.74, 6) is 0.807. The van der Waals surface area contributed by atoms with Crippen molar-refractivity contribution in [3.8, 4) is 0 Å². The molecule has 2 aromatic rings. The van der Waals surface area contributed by atoms with E-state index in [9.17, 15) is 0 Å². The molecule has 1 heteroatoms. The van der Waals surface area contributed by atoms with E-state index in [-0.39, 0.29) is 0 Å². The Kier molecular flexibility index (Phi) is 4.45. The number of nitrogens with one attached hydrogen (secondary N) is 1. The van der Waals surface area contributed by atoms with Crippen molar-refractivity contribution in [2.75, 3.05) is 0 Å². The van der Waals surface area contributed by atoms with Gasteiger partial charge in [-0.1, -0.05) is 73.5 Å². The minimum Gasteiger partial charge on any atom is -0.311 e. The molecule has 3 atom stereocenters. The third-order valence-corrected chi connectivity index (χ3v) is 6.58. The normalized spacial score (nSPS) is 28.5. The molecule has 24 heavy (non-hydrogen) atoms. The lowest BCUT2D eigenvalue weighted by atomic mass is 9.62. The van der Waals surface area contributed by atoms with Crippen molar-refractivity contribution in [3.63, 3.8) is 0 Å². The van der Waals surface area contributed by atoms with Gasteiger partial charge in [-0.15, -0.1) is 0 Å². The summed E-state index contributed by atoms with van der Waals surface area (Å²) in [6.45, 7) is 2.43. The van der Waals surface area contributed by atoms with Gasteiger partial charge in [-0.25, -0.2) is 0 Å². The smallest absolute Gasteiger partial charge is 0.0107 e. The number of hydrogen-bond acceptors (Lipinski definition) is 1. The van der Waals surface area contributed by atoms with Gasteiger partial charge < -0.3 is 5.32 Å². The topological polar surface area (TPSA) is 12.0 Å². The molecule has 3 unspecified atom stereocenters. The van der Waals surface area contributed by atoms with Crippen molar-refractivity contribution in [3.05, 3.63) is 71.8 Å². The summed E-state index contributed by atoms with van der Waals surface area (Å²) in [6.07, 6.45) is 7.94. The lowest BCUT2D eigenvalue weighted by Crippen LogP contribution is -2.42. The van der Waals surface area contributed by atoms with Gasteiger partial charge in [0.25, 0.3) is 0 Å². The van der Waals surface area contributed by atoms with Gasteiger partial charge in [0, 0.05) is 12.1 Å². The molecule has 0 aromatic heterocycles. The summed E-state index contributed by atoms with van der Waals surface area (Å²) in [5, 5.41) is 3.99. The fraction of sp³-hybridized carbons (Fsp3) is 0.478. The van der Waals surface area contributed by atoms with E-state index in [0.717, 1.165) is 12.0 Å². The van der Waals surface area contributed by atoms with Crippen LogP contribution < -0.4 is 5.32 Å². The van der Waals surface area contributed by atoms with Gasteiger partial charge >= 0.3 is 0 Å². The first kappa shape index (κ1) is 15.9. The van der Waals surface area contributed by atoms with Crippen LogP contribution in [0.15, 0.2) is 60.7 Å². The van der Waals surface area contributed by atoms with E-state index in [4.69, 9.17) is 0 Å². The Morgan fingerprint density at radius 3 is 1.96 bits per heavy atom. The van der Waals surface area contributed by atoms with Crippen molar-refractivity contribution < 1.29 is 0 Å². The zero-order valence-electron chi connectivity index (χ0n) is 14.7. The van der Waals surface area contributed by atoms with Crippen LogP contribution in [-0.2, 0) is 12.8 Å². The molecule has 2 aromatic carbocycles. The van der Waals surface area contributed by atoms with Gasteiger partial charge in [0.1, 0.15) is 0 Å². The summed E-state index contributed by atoms with van der Waals surface area (Å²) in [4.78, 5) is 0. The van der Waals surface area contributed by atoms with E-state index >= 15 is 0 Å². The Bertz CT molecular complexity index is 607. The van der Waals surface area contributed by atoms with Crippen molar-refractivity contribution >= 4 is 0 Å². The highest BCUT2D eigenvalue weighted by atomic mass is 15.0. The molecule has 1 aliphatic heterocycles. The molecule has 0 radical (unpaired) electrons. The molecule has 4 rings (SSSR count). The van der Waals surface area contributed by atoms with Gasteiger partial charge in [0.15, 0.2) is 0 Å². The first-order valence-corrected chi connectivity index (χ1v) is 9.62. The largest absolute Gasteiger partial charge is 0.311 e. The Balaban J connectivity index is 1.71. The van der Waals surface area contributed by atoms with Crippen LogP contribution in [0.3, 0.4) is 0 Å². The number of hydrogen-bond donors (Lipinski definition) is 1. The van der Waals surface area contributed by atoms with Crippen LogP contribution in [0.2, 0.25) is 0 Å². The molecule has 2 aliphatic rings. The van der Waals surface area contributed by atoms with Gasteiger partial charge in [-0.3, -0.25) is 0 Å². The highest BCUT2D eigenvalue weighted by molar-refractivity contribution is 5.25. The first-order chi connectivity index (χ1) is 11.8. The summed E-state index contributed by atoms with van der Waals surface area (Å²) in [6, 6.07) is 23.6. The first-order valence-electron chi connectivity index (χ1n) is 9.62. The van der Waals surface area contributed by atoms with Crippen molar-refractivity contribution in [1.29, 1.82) is 0 Å². The second-order valence-corrected chi connectivity index (χ2v) is 7.94. The molecule has 1 saturated carbocycles. The highest BCUT2D eigenvalue weighted by Gasteiger charge is 2.52. The summed E-state index contributed by atoms with van der Waals surface area (Å²) < 4.78 is 0. The summed E-state index contributed by atoms with van der Waals surface area (Å²) in [7, 11) is 0. The van der Waals surface area contributed by atoms with E-state index in [0.29, 0.717) is 11.5 Å². The Morgan fingerprint density at radius 1 is 0.833 bits per heavy atom. The number of fused-ring (bicyclic) bond motifs is 1. The van der Waals surface area contributed by atoms with Crippen LogP contribution in [-0.4, -0.2) is 12.1 Å². The second kappa shape index (κ2) is 6.72. The number of benzene rings is 2. The van der Waals surface area contributed by atoms with Crippen LogP contribution >= 0.6 is 0 Å². The quantitative estimate of drug-likeness (QED) is 0.835. The standard InChI is InChI=1S/C23H29N/c1-18-23(16-19-10-4-2-5-11-19,17-20-12-6-3-7-13-20)21-14-8-9-15-22(21)24-18/h2-7,10-13,18,21-22,24H,8-9,14-17H2,1H3. The SMILES string of the molecule is CC1NC2CCCCC2C1(Cc1ccccc1)Cc1ccccc1. The zero-order valence-corrected chi connectivity index (χ0v) is 14.7. The molecule has 0 amide bonds. The average molecular weight is 319 g/mol. The van der Waals surface area contributed by atoms with Crippen LogP contribution in [0.1, 0.15) is 43.7 Å². The minimum atomic E-state index is 0.341. The zero-order chi connectivity index (χ0) is 16.4. The predicted octanol–water partition coefficient (Wildman–Crippen LogP) is 5.01. The minimum absolute atomic E-state index is 0.341. The van der Waals surface area contributed by atoms with Crippen LogP contribution in [0, 0.1) is 11.3 Å². The highest BCUT2D eigenvalue weighted by Crippen LogP contribution is 2.50. The molecular weight excluding hydrogens is 290 g/mol. The van der Waals surface area contributed by atoms with E-state index in [2.05, 4.69) is 72.9 Å². The molecule has 1 saturated heterocycles. The molecule has 0 bridgehead atoms. The van der Waals surface area contributed by atoms with Crippen LogP contribution in [0.25, 0.3) is 0 Å². The van der Waals surface area contributed by atoms with Crippen molar-refractivity contribution in [2.24, 2.45) is 11.3 Å². The molecule has 126 valence electrons. The van der Waals surface area contributed by atoms with Gasteiger partial charge in [-0.2, -0.15) is 0 Å². The molecular formula is C23H29N. The van der Waals surface area contributed by atoms with Gasteiger partial charge in [0.2, 0.25) is 0 Å². The number of rotatable bonds is 4. The molecule has 1 nitrogen and oxygen atoms in total. The summed E-state index contributed by atoms with van der Waals surface area (Å²) in [5.41, 5.74) is 3.33. The Labute approximate surface area is 146 Å². The fourth-order valence-corrected chi connectivity index (χ4v) is 5.41. The Morgan fingerprint density at radius 2 is 1.38 bits per heavy atom. The lowest BCUT2D eigenvalue weighted by molar-refractivity contribution is 0.139. The third-order valence-electron chi connectivity index (χ3n) is 6.58. The van der Waals surface area contributed by atoms with Crippen molar-refractivity contribution in [2.45, 2.75) is 57.5 Å². The van der Waals surface area contributed by atoms with Crippen molar-refractivity contribution in [1.82, 2.24) is 5.32 Å². The monoisotopic (exact) mass is 319 g/mol. The fourth-order valence-electron chi connectivity index (χ4n) is 5.41. The van der Waals surface area contributed by atoms with E-state index in [1.807, 2.05) is 0 Å². The van der Waals surface area contributed by atoms with Crippen LogP contribution in [0.4, 0.5) is 0 Å². The molecule has 1 heterocycles. The summed E-state index contributed by atoms with van der Waals surface area (Å²) >= 11 is 0. The van der Waals surface area contributed by atoms with Gasteiger partial charge in [0.05, 0.1) is 0 Å². The van der Waals surface area contributed by atoms with Crippen LogP contribution in [0.5, 0.6) is 0 Å². The van der Waals surface area contributed by atoms with E-state index in [1.165, 1.54) is 49.7 Å². The maximum absolute atomic E-state index is 3.99. The maximum atomic E-state index is 3.99. The van der Waals surface area contributed by atoms with Gasteiger partial charge in [-0.05, 0) is 55.1 Å². The third kappa shape index (κ3) is 2.91. The lowest BCUT2D eigenvalue weighted by Gasteiger charge is -2.41. The Hall–Kier alpha value is -1.60. The van der Waals surface area contributed by atoms with E-state index in [1.54, 1.807) is 0 Å². The predicted molar refractivity (Wildman–Crippen MR) is 101 cm³/mol. The average Bonchev–Trinajstić information content (AvgIpc) is 2.89. The molecule has 1 N–H and O–H groups in total. The molecule has 0 spiro atoms. The second-order valence-electron chi connectivity index (χ2n) is 7.94.